The first-order chi connectivity index (χ1) is 8.49. The van der Waals surface area contributed by atoms with Crippen molar-refractivity contribution in [2.24, 2.45) is 17.8 Å². The Morgan fingerprint density at radius 3 is 2.00 bits per heavy atom. The monoisotopic (exact) mass is 252 g/mol. The van der Waals surface area contributed by atoms with E-state index in [9.17, 15) is 0 Å². The molecule has 0 aromatic rings. The summed E-state index contributed by atoms with van der Waals surface area (Å²) in [5, 5.41) is 0. The van der Waals surface area contributed by atoms with E-state index in [4.69, 9.17) is 0 Å². The summed E-state index contributed by atoms with van der Waals surface area (Å²) < 4.78 is 0. The number of hydrogen-bond acceptors (Lipinski definition) is 0. The van der Waals surface area contributed by atoms with E-state index in [1.54, 1.807) is 0 Å². The highest BCUT2D eigenvalue weighted by Gasteiger charge is 2.18. The van der Waals surface area contributed by atoms with Crippen LogP contribution in [0.2, 0.25) is 0 Å². The molecule has 0 aliphatic heterocycles. The van der Waals surface area contributed by atoms with Crippen LogP contribution in [0.25, 0.3) is 0 Å². The zero-order valence-corrected chi connectivity index (χ0v) is 13.6. The maximum atomic E-state index is 4.20. The van der Waals surface area contributed by atoms with Gasteiger partial charge in [0.15, 0.2) is 0 Å². The quantitative estimate of drug-likeness (QED) is 0.286. The van der Waals surface area contributed by atoms with Gasteiger partial charge in [-0.3, -0.25) is 0 Å². The SMILES string of the molecule is C=C(C)C(CC(C)C)C(C)CCCCCCCC. The second-order valence-corrected chi connectivity index (χ2v) is 6.62. The molecular formula is C18H36. The summed E-state index contributed by atoms with van der Waals surface area (Å²) in [6, 6.07) is 0. The third-order valence-corrected chi connectivity index (χ3v) is 4.06. The lowest BCUT2D eigenvalue weighted by atomic mass is 9.80. The maximum absolute atomic E-state index is 4.20. The Balaban J connectivity index is 3.82. The predicted octanol–water partition coefficient (Wildman–Crippen LogP) is 6.61. The molecule has 0 spiro atoms. The van der Waals surface area contributed by atoms with Crippen LogP contribution in [0.4, 0.5) is 0 Å². The summed E-state index contributed by atoms with van der Waals surface area (Å²) in [5.41, 5.74) is 1.39. The topological polar surface area (TPSA) is 0 Å². The lowest BCUT2D eigenvalue weighted by Crippen LogP contribution is -2.15. The molecule has 0 heterocycles. The Morgan fingerprint density at radius 2 is 1.50 bits per heavy atom. The summed E-state index contributed by atoms with van der Waals surface area (Å²) in [6.07, 6.45) is 11.2. The van der Waals surface area contributed by atoms with Gasteiger partial charge in [-0.2, -0.15) is 0 Å². The van der Waals surface area contributed by atoms with E-state index in [0.29, 0.717) is 0 Å². The third-order valence-electron chi connectivity index (χ3n) is 4.06. The fourth-order valence-electron chi connectivity index (χ4n) is 2.87. The van der Waals surface area contributed by atoms with Gasteiger partial charge in [-0.1, -0.05) is 84.8 Å². The van der Waals surface area contributed by atoms with Crippen molar-refractivity contribution in [2.75, 3.05) is 0 Å². The lowest BCUT2D eigenvalue weighted by Gasteiger charge is -2.26. The van der Waals surface area contributed by atoms with E-state index in [0.717, 1.165) is 17.8 Å². The molecule has 18 heavy (non-hydrogen) atoms. The molecule has 0 aliphatic carbocycles. The van der Waals surface area contributed by atoms with Crippen molar-refractivity contribution in [1.82, 2.24) is 0 Å². The van der Waals surface area contributed by atoms with Crippen LogP contribution in [0.3, 0.4) is 0 Å². The molecule has 0 radical (unpaired) electrons. The molecule has 0 heteroatoms. The normalized spacial score (nSPS) is 14.8. The van der Waals surface area contributed by atoms with Gasteiger partial charge in [-0.25, -0.2) is 0 Å². The summed E-state index contributed by atoms with van der Waals surface area (Å²) in [5.74, 6) is 2.34. The molecular weight excluding hydrogens is 216 g/mol. The first kappa shape index (κ1) is 17.7. The maximum Gasteiger partial charge on any atom is -0.0181 e. The van der Waals surface area contributed by atoms with Crippen molar-refractivity contribution in [3.63, 3.8) is 0 Å². The summed E-state index contributed by atoms with van der Waals surface area (Å²) in [6.45, 7) is 15.8. The smallest absolute Gasteiger partial charge is 0.0181 e. The molecule has 0 rings (SSSR count). The van der Waals surface area contributed by atoms with Crippen molar-refractivity contribution in [1.29, 1.82) is 0 Å². The summed E-state index contributed by atoms with van der Waals surface area (Å²) in [4.78, 5) is 0. The zero-order valence-electron chi connectivity index (χ0n) is 13.6. The highest BCUT2D eigenvalue weighted by molar-refractivity contribution is 4.98. The van der Waals surface area contributed by atoms with Gasteiger partial charge in [0, 0.05) is 0 Å². The van der Waals surface area contributed by atoms with Crippen LogP contribution < -0.4 is 0 Å². The molecule has 0 amide bonds. The van der Waals surface area contributed by atoms with Gasteiger partial charge in [0.25, 0.3) is 0 Å². The van der Waals surface area contributed by atoms with Crippen LogP contribution >= 0.6 is 0 Å². The average Bonchev–Trinajstić information content (AvgIpc) is 2.29. The van der Waals surface area contributed by atoms with Gasteiger partial charge in [-0.05, 0) is 31.1 Å². The average molecular weight is 252 g/mol. The van der Waals surface area contributed by atoms with Crippen molar-refractivity contribution in [3.8, 4) is 0 Å². The van der Waals surface area contributed by atoms with Crippen molar-refractivity contribution >= 4 is 0 Å². The molecule has 2 atom stereocenters. The highest BCUT2D eigenvalue weighted by atomic mass is 14.2. The lowest BCUT2D eigenvalue weighted by molar-refractivity contribution is 0.317. The molecule has 0 aromatic carbocycles. The third kappa shape index (κ3) is 8.78. The molecule has 0 aromatic heterocycles. The van der Waals surface area contributed by atoms with Gasteiger partial charge in [0.05, 0.1) is 0 Å². The van der Waals surface area contributed by atoms with E-state index >= 15 is 0 Å². The fourth-order valence-corrected chi connectivity index (χ4v) is 2.87. The Labute approximate surface area is 116 Å². The van der Waals surface area contributed by atoms with Crippen molar-refractivity contribution in [3.05, 3.63) is 12.2 Å². The van der Waals surface area contributed by atoms with Gasteiger partial charge in [-0.15, -0.1) is 0 Å². The minimum Gasteiger partial charge on any atom is -0.0999 e. The minimum absolute atomic E-state index is 0.737. The largest absolute Gasteiger partial charge is 0.0999 e. The predicted molar refractivity (Wildman–Crippen MR) is 84.9 cm³/mol. The van der Waals surface area contributed by atoms with Crippen molar-refractivity contribution < 1.29 is 0 Å². The minimum atomic E-state index is 0.737. The number of allylic oxidation sites excluding steroid dienone is 1. The fraction of sp³-hybridized carbons (Fsp3) is 0.889. The Bertz CT molecular complexity index is 202. The molecule has 0 aliphatic rings. The molecule has 2 unspecified atom stereocenters. The molecule has 0 saturated heterocycles. The van der Waals surface area contributed by atoms with Gasteiger partial charge < -0.3 is 0 Å². The van der Waals surface area contributed by atoms with Crippen LogP contribution in [-0.4, -0.2) is 0 Å². The van der Waals surface area contributed by atoms with Gasteiger partial charge in [0.2, 0.25) is 0 Å². The molecule has 108 valence electrons. The van der Waals surface area contributed by atoms with E-state index in [2.05, 4.69) is 41.2 Å². The Morgan fingerprint density at radius 1 is 0.944 bits per heavy atom. The van der Waals surface area contributed by atoms with Gasteiger partial charge in [0.1, 0.15) is 0 Å². The van der Waals surface area contributed by atoms with Crippen LogP contribution in [0, 0.1) is 17.8 Å². The number of unbranched alkanes of at least 4 members (excludes halogenated alkanes) is 5. The van der Waals surface area contributed by atoms with Crippen LogP contribution in [0.5, 0.6) is 0 Å². The Kier molecular flexibility index (Phi) is 10.5. The molecule has 0 fully saturated rings. The van der Waals surface area contributed by atoms with E-state index < -0.39 is 0 Å². The number of hydrogen-bond donors (Lipinski definition) is 0. The number of rotatable bonds is 11. The van der Waals surface area contributed by atoms with Crippen LogP contribution in [-0.2, 0) is 0 Å². The van der Waals surface area contributed by atoms with Crippen molar-refractivity contribution in [2.45, 2.75) is 86.0 Å². The zero-order chi connectivity index (χ0) is 14.0. The molecule has 0 saturated carbocycles. The summed E-state index contributed by atoms with van der Waals surface area (Å²) >= 11 is 0. The molecule has 0 bridgehead atoms. The molecule has 0 nitrogen and oxygen atoms in total. The van der Waals surface area contributed by atoms with Crippen LogP contribution in [0.1, 0.15) is 86.0 Å². The van der Waals surface area contributed by atoms with Gasteiger partial charge >= 0.3 is 0 Å². The van der Waals surface area contributed by atoms with Crippen LogP contribution in [0.15, 0.2) is 12.2 Å². The van der Waals surface area contributed by atoms with E-state index in [1.165, 1.54) is 56.9 Å². The Hall–Kier alpha value is -0.260. The first-order valence-electron chi connectivity index (χ1n) is 8.14. The van der Waals surface area contributed by atoms with E-state index in [1.807, 2.05) is 0 Å². The second-order valence-electron chi connectivity index (χ2n) is 6.62. The van der Waals surface area contributed by atoms with E-state index in [-0.39, 0.29) is 0 Å². The highest BCUT2D eigenvalue weighted by Crippen LogP contribution is 2.30. The molecule has 0 N–H and O–H groups in total. The second kappa shape index (κ2) is 10.6. The standard InChI is InChI=1S/C18H36/c1-7-8-9-10-11-12-13-17(6)18(16(4)5)14-15(2)3/h15,17-18H,4,7-14H2,1-3,5-6H3. The first-order valence-corrected chi connectivity index (χ1v) is 8.14. The summed E-state index contributed by atoms with van der Waals surface area (Å²) in [7, 11) is 0.